The molecule has 0 unspecified atom stereocenters. The normalized spacial score (nSPS) is 9.67. The molecule has 0 atom stereocenters. The van der Waals surface area contributed by atoms with Crippen molar-refractivity contribution in [2.45, 2.75) is 13.3 Å². The Labute approximate surface area is 118 Å². The maximum absolute atomic E-state index is 6.03. The Hall–Kier alpha value is -1.26. The summed E-state index contributed by atoms with van der Waals surface area (Å²) in [6.45, 7) is 6.81. The van der Waals surface area contributed by atoms with Crippen molar-refractivity contribution in [2.75, 3.05) is 18.5 Å². The van der Waals surface area contributed by atoms with E-state index >= 15 is 0 Å². The minimum absolute atomic E-state index is 0.582. The van der Waals surface area contributed by atoms with Gasteiger partial charge < -0.3 is 15.4 Å². The highest BCUT2D eigenvalue weighted by atomic mass is 35.5. The lowest BCUT2D eigenvalue weighted by Crippen LogP contribution is -2.30. The van der Waals surface area contributed by atoms with Crippen LogP contribution < -0.4 is 10.6 Å². The van der Waals surface area contributed by atoms with Gasteiger partial charge >= 0.3 is 0 Å². The van der Waals surface area contributed by atoms with Crippen molar-refractivity contribution in [3.05, 3.63) is 41.6 Å². The highest BCUT2D eigenvalue weighted by Crippen LogP contribution is 2.22. The number of anilines is 1. The average molecular weight is 285 g/mol. The fraction of sp³-hybridized carbons (Fsp3) is 0.308. The largest absolute Gasteiger partial charge is 0.502 e. The molecule has 0 aliphatic heterocycles. The van der Waals surface area contributed by atoms with Crippen LogP contribution in [-0.2, 0) is 4.74 Å². The summed E-state index contributed by atoms with van der Waals surface area (Å²) in [7, 11) is 0. The van der Waals surface area contributed by atoms with Crippen LogP contribution in [0.2, 0.25) is 5.02 Å². The lowest BCUT2D eigenvalue weighted by Gasteiger charge is -2.13. The first-order chi connectivity index (χ1) is 8.65. The van der Waals surface area contributed by atoms with Crippen LogP contribution in [0.4, 0.5) is 5.69 Å². The summed E-state index contributed by atoms with van der Waals surface area (Å²) >= 11 is 11.2. The molecular weight excluding hydrogens is 268 g/mol. The molecule has 0 fully saturated rings. The van der Waals surface area contributed by atoms with E-state index in [1.807, 2.05) is 25.1 Å². The second kappa shape index (κ2) is 7.95. The summed E-state index contributed by atoms with van der Waals surface area (Å²) in [6, 6.07) is 5.68. The third-order valence-electron chi connectivity index (χ3n) is 2.36. The van der Waals surface area contributed by atoms with Gasteiger partial charge in [0.25, 0.3) is 0 Å². The molecule has 1 rings (SSSR count). The lowest BCUT2D eigenvalue weighted by molar-refractivity contribution is 0.247. The Bertz CT molecular complexity index is 423. The Morgan fingerprint density at radius 1 is 1.56 bits per heavy atom. The van der Waals surface area contributed by atoms with Crippen molar-refractivity contribution in [1.82, 2.24) is 5.32 Å². The first kappa shape index (κ1) is 14.8. The van der Waals surface area contributed by atoms with Gasteiger partial charge in [0.15, 0.2) is 5.11 Å². The highest BCUT2D eigenvalue weighted by molar-refractivity contribution is 7.80. The quantitative estimate of drug-likeness (QED) is 0.476. The molecule has 0 radical (unpaired) electrons. The first-order valence-electron chi connectivity index (χ1n) is 5.67. The number of benzene rings is 1. The summed E-state index contributed by atoms with van der Waals surface area (Å²) < 4.78 is 5.01. The first-order valence-corrected chi connectivity index (χ1v) is 6.46. The minimum atomic E-state index is 0.582. The molecule has 1 aromatic carbocycles. The number of hydrogen-bond donors (Lipinski definition) is 2. The molecule has 0 saturated carbocycles. The predicted molar refractivity (Wildman–Crippen MR) is 81.2 cm³/mol. The number of rotatable bonds is 6. The Balaban J connectivity index is 2.36. The van der Waals surface area contributed by atoms with E-state index in [2.05, 4.69) is 17.2 Å². The smallest absolute Gasteiger partial charge is 0.170 e. The van der Waals surface area contributed by atoms with Crippen LogP contribution in [0.25, 0.3) is 0 Å². The van der Waals surface area contributed by atoms with Crippen molar-refractivity contribution in [3.8, 4) is 0 Å². The topological polar surface area (TPSA) is 33.3 Å². The summed E-state index contributed by atoms with van der Waals surface area (Å²) in [5.74, 6) is 0. The molecule has 0 aromatic heterocycles. The van der Waals surface area contributed by atoms with E-state index in [1.54, 1.807) is 0 Å². The Morgan fingerprint density at radius 3 is 3.06 bits per heavy atom. The van der Waals surface area contributed by atoms with Crippen molar-refractivity contribution < 1.29 is 4.74 Å². The number of hydrogen-bond acceptors (Lipinski definition) is 2. The molecule has 98 valence electrons. The van der Waals surface area contributed by atoms with E-state index in [0.29, 0.717) is 11.7 Å². The van der Waals surface area contributed by atoms with Gasteiger partial charge in [0.2, 0.25) is 0 Å². The van der Waals surface area contributed by atoms with Gasteiger partial charge in [-0.2, -0.15) is 0 Å². The third-order valence-corrected chi connectivity index (χ3v) is 3.01. The second-order valence-corrected chi connectivity index (χ2v) is 4.50. The van der Waals surface area contributed by atoms with E-state index in [0.717, 1.165) is 29.2 Å². The molecule has 0 aliphatic rings. The summed E-state index contributed by atoms with van der Waals surface area (Å²) in [5, 5.41) is 7.52. The van der Waals surface area contributed by atoms with Gasteiger partial charge in [-0.3, -0.25) is 0 Å². The van der Waals surface area contributed by atoms with Gasteiger partial charge in [0.1, 0.15) is 0 Å². The van der Waals surface area contributed by atoms with Gasteiger partial charge in [0.05, 0.1) is 12.9 Å². The number of thiocarbonyl (C=S) groups is 1. The summed E-state index contributed by atoms with van der Waals surface area (Å²) in [4.78, 5) is 0. The van der Waals surface area contributed by atoms with E-state index in [9.17, 15) is 0 Å². The van der Waals surface area contributed by atoms with Gasteiger partial charge in [-0.05, 0) is 43.3 Å². The number of ether oxygens (including phenoxy) is 1. The monoisotopic (exact) mass is 284 g/mol. The highest BCUT2D eigenvalue weighted by Gasteiger charge is 2.03. The molecule has 0 spiro atoms. The van der Waals surface area contributed by atoms with Crippen LogP contribution in [-0.4, -0.2) is 18.3 Å². The van der Waals surface area contributed by atoms with Crippen LogP contribution in [0.1, 0.15) is 12.0 Å². The van der Waals surface area contributed by atoms with Gasteiger partial charge in [-0.25, -0.2) is 0 Å². The molecule has 0 heterocycles. The van der Waals surface area contributed by atoms with Crippen molar-refractivity contribution in [3.63, 3.8) is 0 Å². The number of nitrogens with one attached hydrogen (secondary N) is 2. The molecule has 18 heavy (non-hydrogen) atoms. The maximum atomic E-state index is 6.03. The molecule has 3 nitrogen and oxygen atoms in total. The van der Waals surface area contributed by atoms with Crippen LogP contribution >= 0.6 is 23.8 Å². The third kappa shape index (κ3) is 4.94. The van der Waals surface area contributed by atoms with E-state index in [1.165, 1.54) is 6.26 Å². The molecule has 0 amide bonds. The standard InChI is InChI=1S/C13H17ClN2OS/c1-3-17-9-5-8-15-13(18)16-12-7-4-6-11(14)10(12)2/h3-4,6-7H,1,5,8-9H2,2H3,(H2,15,16,18). The zero-order chi connectivity index (χ0) is 13.4. The Kier molecular flexibility index (Phi) is 6.54. The Morgan fingerprint density at radius 2 is 2.33 bits per heavy atom. The van der Waals surface area contributed by atoms with Gasteiger partial charge in [-0.15, -0.1) is 0 Å². The van der Waals surface area contributed by atoms with Crippen molar-refractivity contribution in [1.29, 1.82) is 0 Å². The second-order valence-electron chi connectivity index (χ2n) is 3.68. The maximum Gasteiger partial charge on any atom is 0.170 e. The van der Waals surface area contributed by atoms with Gasteiger partial charge in [0, 0.05) is 17.3 Å². The van der Waals surface area contributed by atoms with E-state index < -0.39 is 0 Å². The molecule has 2 N–H and O–H groups in total. The molecule has 1 aromatic rings. The van der Waals surface area contributed by atoms with E-state index in [4.69, 9.17) is 28.6 Å². The van der Waals surface area contributed by atoms with Crippen LogP contribution in [0.15, 0.2) is 31.0 Å². The SMILES string of the molecule is C=COCCCNC(=S)Nc1cccc(Cl)c1C. The minimum Gasteiger partial charge on any atom is -0.502 e. The van der Waals surface area contributed by atoms with Crippen molar-refractivity contribution >= 4 is 34.6 Å². The van der Waals surface area contributed by atoms with E-state index in [-0.39, 0.29) is 0 Å². The molecule has 0 bridgehead atoms. The summed E-state index contributed by atoms with van der Waals surface area (Å²) in [6.07, 6.45) is 2.30. The zero-order valence-corrected chi connectivity index (χ0v) is 11.9. The average Bonchev–Trinajstić information content (AvgIpc) is 2.35. The number of halogens is 1. The predicted octanol–water partition coefficient (Wildman–Crippen LogP) is 3.49. The summed E-state index contributed by atoms with van der Waals surface area (Å²) in [5.41, 5.74) is 1.90. The fourth-order valence-electron chi connectivity index (χ4n) is 1.35. The molecule has 5 heteroatoms. The van der Waals surface area contributed by atoms with Crippen LogP contribution in [0, 0.1) is 6.92 Å². The molecule has 0 saturated heterocycles. The fourth-order valence-corrected chi connectivity index (χ4v) is 1.74. The molecular formula is C13H17ClN2OS. The van der Waals surface area contributed by atoms with Crippen molar-refractivity contribution in [2.24, 2.45) is 0 Å². The lowest BCUT2D eigenvalue weighted by atomic mass is 10.2. The molecule has 0 aliphatic carbocycles. The van der Waals surface area contributed by atoms with Crippen LogP contribution in [0.3, 0.4) is 0 Å². The van der Waals surface area contributed by atoms with Crippen LogP contribution in [0.5, 0.6) is 0 Å². The van der Waals surface area contributed by atoms with Gasteiger partial charge in [-0.1, -0.05) is 24.2 Å². The zero-order valence-electron chi connectivity index (χ0n) is 10.3.